The van der Waals surface area contributed by atoms with Gasteiger partial charge in [-0.25, -0.2) is 0 Å². The van der Waals surface area contributed by atoms with Crippen LogP contribution in [0.5, 0.6) is 0 Å². The van der Waals surface area contributed by atoms with Crippen LogP contribution in [0.1, 0.15) is 44.2 Å². The van der Waals surface area contributed by atoms with Gasteiger partial charge < -0.3 is 5.32 Å². The van der Waals surface area contributed by atoms with E-state index in [1.54, 1.807) is 5.56 Å². The van der Waals surface area contributed by atoms with Crippen molar-refractivity contribution in [1.82, 2.24) is 5.32 Å². The van der Waals surface area contributed by atoms with Crippen LogP contribution in [0.25, 0.3) is 10.1 Å². The fraction of sp³-hybridized carbons (Fsp3) is 0.556. The Hall–Kier alpha value is -0.860. The lowest BCUT2D eigenvalue weighted by molar-refractivity contribution is 0.420. The van der Waals surface area contributed by atoms with E-state index < -0.39 is 0 Å². The summed E-state index contributed by atoms with van der Waals surface area (Å²) >= 11 is 1.91. The van der Waals surface area contributed by atoms with Crippen molar-refractivity contribution in [3.8, 4) is 0 Å². The molecule has 1 aromatic heterocycles. The molecule has 4 rings (SSSR count). The van der Waals surface area contributed by atoms with Crippen LogP contribution in [-0.4, -0.2) is 6.54 Å². The van der Waals surface area contributed by atoms with Crippen LogP contribution in [0.15, 0.2) is 29.6 Å². The van der Waals surface area contributed by atoms with Crippen LogP contribution in [-0.2, 0) is 0 Å². The summed E-state index contributed by atoms with van der Waals surface area (Å²) in [4.78, 5) is 0. The Morgan fingerprint density at radius 1 is 1.25 bits per heavy atom. The van der Waals surface area contributed by atoms with E-state index in [0.29, 0.717) is 6.04 Å². The minimum absolute atomic E-state index is 0.599. The highest BCUT2D eigenvalue weighted by Gasteiger charge is 2.56. The number of thiophene rings is 1. The number of benzene rings is 1. The van der Waals surface area contributed by atoms with Gasteiger partial charge >= 0.3 is 0 Å². The Morgan fingerprint density at radius 3 is 2.85 bits per heavy atom. The summed E-state index contributed by atoms with van der Waals surface area (Å²) < 4.78 is 1.44. The van der Waals surface area contributed by atoms with Crippen molar-refractivity contribution in [2.45, 2.75) is 38.6 Å². The third-order valence-electron chi connectivity index (χ3n) is 5.32. The molecule has 1 aromatic carbocycles. The highest BCUT2D eigenvalue weighted by molar-refractivity contribution is 7.17. The largest absolute Gasteiger partial charge is 0.310 e. The maximum atomic E-state index is 3.86. The van der Waals surface area contributed by atoms with Crippen LogP contribution in [0, 0.1) is 17.8 Å². The molecule has 0 bridgehead atoms. The molecule has 106 valence electrons. The summed E-state index contributed by atoms with van der Waals surface area (Å²) in [7, 11) is 0. The smallest absolute Gasteiger partial charge is 0.0368 e. The second kappa shape index (κ2) is 5.16. The van der Waals surface area contributed by atoms with E-state index in [1.807, 2.05) is 11.3 Å². The average molecular weight is 285 g/mol. The molecule has 3 atom stereocenters. The minimum atomic E-state index is 0.599. The van der Waals surface area contributed by atoms with Gasteiger partial charge in [0.1, 0.15) is 0 Å². The first kappa shape index (κ1) is 12.8. The molecule has 0 spiro atoms. The normalized spacial score (nSPS) is 29.6. The average Bonchev–Trinajstić information content (AvgIpc) is 2.85. The predicted octanol–water partition coefficient (Wildman–Crippen LogP) is 4.99. The molecule has 2 aliphatic rings. The lowest BCUT2D eigenvalue weighted by Gasteiger charge is -2.20. The van der Waals surface area contributed by atoms with E-state index in [2.05, 4.69) is 41.9 Å². The van der Waals surface area contributed by atoms with Crippen LogP contribution in [0.2, 0.25) is 0 Å². The second-order valence-corrected chi connectivity index (χ2v) is 7.37. The summed E-state index contributed by atoms with van der Waals surface area (Å²) in [6.07, 6.45) is 5.64. The van der Waals surface area contributed by atoms with Gasteiger partial charge in [-0.15, -0.1) is 11.3 Å². The van der Waals surface area contributed by atoms with Gasteiger partial charge in [-0.1, -0.05) is 31.5 Å². The van der Waals surface area contributed by atoms with Crippen molar-refractivity contribution >= 4 is 21.4 Å². The number of rotatable bonds is 5. The highest BCUT2D eigenvalue weighted by atomic mass is 32.1. The van der Waals surface area contributed by atoms with E-state index >= 15 is 0 Å². The summed E-state index contributed by atoms with van der Waals surface area (Å²) in [6, 6.07) is 9.50. The van der Waals surface area contributed by atoms with Gasteiger partial charge in [0.2, 0.25) is 0 Å². The molecule has 2 fully saturated rings. The Balaban J connectivity index is 1.67. The first-order valence-corrected chi connectivity index (χ1v) is 8.97. The quantitative estimate of drug-likeness (QED) is 0.816. The Labute approximate surface area is 125 Å². The van der Waals surface area contributed by atoms with Gasteiger partial charge in [0.05, 0.1) is 0 Å². The van der Waals surface area contributed by atoms with Gasteiger partial charge in [0.15, 0.2) is 0 Å². The van der Waals surface area contributed by atoms with E-state index in [-0.39, 0.29) is 0 Å². The first-order chi connectivity index (χ1) is 9.90. The number of hydrogen-bond acceptors (Lipinski definition) is 2. The van der Waals surface area contributed by atoms with E-state index in [1.165, 1.54) is 35.8 Å². The molecule has 2 saturated carbocycles. The van der Waals surface area contributed by atoms with Crippen LogP contribution in [0.3, 0.4) is 0 Å². The molecule has 0 amide bonds. The maximum Gasteiger partial charge on any atom is 0.0368 e. The number of hydrogen-bond donors (Lipinski definition) is 1. The van der Waals surface area contributed by atoms with Gasteiger partial charge in [-0.3, -0.25) is 0 Å². The molecular formula is C18H23NS. The van der Waals surface area contributed by atoms with Crippen molar-refractivity contribution in [2.24, 2.45) is 17.8 Å². The van der Waals surface area contributed by atoms with Crippen LogP contribution in [0.4, 0.5) is 0 Å². The SMILES string of the molecule is CCCNC(c1csc2ccccc12)C1C2CCCC21. The monoisotopic (exact) mass is 285 g/mol. The van der Waals surface area contributed by atoms with Gasteiger partial charge in [-0.05, 0) is 66.0 Å². The van der Waals surface area contributed by atoms with Crippen molar-refractivity contribution < 1.29 is 0 Å². The third-order valence-corrected chi connectivity index (χ3v) is 6.30. The maximum absolute atomic E-state index is 3.86. The van der Waals surface area contributed by atoms with Crippen molar-refractivity contribution in [3.05, 3.63) is 35.2 Å². The van der Waals surface area contributed by atoms with Gasteiger partial charge in [-0.2, -0.15) is 0 Å². The van der Waals surface area contributed by atoms with E-state index in [9.17, 15) is 0 Å². The molecule has 2 aliphatic carbocycles. The van der Waals surface area contributed by atoms with Crippen LogP contribution < -0.4 is 5.32 Å². The number of fused-ring (bicyclic) bond motifs is 2. The summed E-state index contributed by atoms with van der Waals surface area (Å²) in [6.45, 7) is 3.41. The topological polar surface area (TPSA) is 12.0 Å². The predicted molar refractivity (Wildman–Crippen MR) is 87.2 cm³/mol. The molecule has 20 heavy (non-hydrogen) atoms. The molecule has 3 unspecified atom stereocenters. The molecule has 0 radical (unpaired) electrons. The van der Waals surface area contributed by atoms with Crippen LogP contribution >= 0.6 is 11.3 Å². The Kier molecular flexibility index (Phi) is 3.31. The van der Waals surface area contributed by atoms with E-state index in [4.69, 9.17) is 0 Å². The van der Waals surface area contributed by atoms with Crippen molar-refractivity contribution in [1.29, 1.82) is 0 Å². The molecular weight excluding hydrogens is 262 g/mol. The van der Waals surface area contributed by atoms with Gasteiger partial charge in [0, 0.05) is 10.7 Å². The zero-order chi connectivity index (χ0) is 13.5. The molecule has 1 heterocycles. The lowest BCUT2D eigenvalue weighted by Crippen LogP contribution is -2.25. The lowest BCUT2D eigenvalue weighted by atomic mass is 9.96. The van der Waals surface area contributed by atoms with E-state index in [0.717, 1.165) is 24.3 Å². The fourth-order valence-corrected chi connectivity index (χ4v) is 5.36. The Morgan fingerprint density at radius 2 is 2.05 bits per heavy atom. The fourth-order valence-electron chi connectivity index (χ4n) is 4.36. The minimum Gasteiger partial charge on any atom is -0.310 e. The molecule has 0 aliphatic heterocycles. The Bertz CT molecular complexity index is 592. The third kappa shape index (κ3) is 2.01. The van der Waals surface area contributed by atoms with Gasteiger partial charge in [0.25, 0.3) is 0 Å². The summed E-state index contributed by atoms with van der Waals surface area (Å²) in [5.41, 5.74) is 1.57. The molecule has 0 saturated heterocycles. The molecule has 2 heteroatoms. The standard InChI is InChI=1S/C18H23NS/c1-2-10-19-18(17-13-7-5-8-14(13)17)15-11-20-16-9-4-3-6-12(15)16/h3-4,6,9,11,13-14,17-19H,2,5,7-8,10H2,1H3. The first-order valence-electron chi connectivity index (χ1n) is 8.09. The molecule has 1 N–H and O–H groups in total. The number of nitrogens with one attached hydrogen (secondary N) is 1. The molecule has 2 aromatic rings. The second-order valence-electron chi connectivity index (χ2n) is 6.45. The highest BCUT2D eigenvalue weighted by Crippen LogP contribution is 2.62. The zero-order valence-electron chi connectivity index (χ0n) is 12.1. The summed E-state index contributed by atoms with van der Waals surface area (Å²) in [5.74, 6) is 2.94. The zero-order valence-corrected chi connectivity index (χ0v) is 13.0. The van der Waals surface area contributed by atoms with Crippen molar-refractivity contribution in [3.63, 3.8) is 0 Å². The molecule has 1 nitrogen and oxygen atoms in total. The van der Waals surface area contributed by atoms with Crippen molar-refractivity contribution in [2.75, 3.05) is 6.54 Å². The summed E-state index contributed by atoms with van der Waals surface area (Å²) in [5, 5.41) is 7.75.